The molecule has 2 heterocycles. The molecule has 2 aliphatic heterocycles. The normalized spacial score (nSPS) is 16.7. The summed E-state index contributed by atoms with van der Waals surface area (Å²) in [6.07, 6.45) is 0.255. The fourth-order valence-electron chi connectivity index (χ4n) is 5.49. The van der Waals surface area contributed by atoms with Crippen molar-refractivity contribution in [2.24, 2.45) is 0 Å². The van der Waals surface area contributed by atoms with Crippen LogP contribution in [0.1, 0.15) is 11.1 Å². The molecule has 1 atom stereocenters. The van der Waals surface area contributed by atoms with Gasteiger partial charge in [0.05, 0.1) is 31.3 Å². The summed E-state index contributed by atoms with van der Waals surface area (Å²) in [5, 5.41) is 3.02. The van der Waals surface area contributed by atoms with Crippen LogP contribution in [-0.2, 0) is 42.1 Å². The Bertz CT molecular complexity index is 1550. The molecular weight excluding hydrogens is 627 g/mol. The average Bonchev–Trinajstić information content (AvgIpc) is 3.11. The summed E-state index contributed by atoms with van der Waals surface area (Å²) < 4.78 is 57.6. The van der Waals surface area contributed by atoms with Gasteiger partial charge in [0.25, 0.3) is 5.91 Å². The van der Waals surface area contributed by atoms with E-state index in [0.29, 0.717) is 50.8 Å². The van der Waals surface area contributed by atoms with E-state index in [9.17, 15) is 22.4 Å². The van der Waals surface area contributed by atoms with E-state index < -0.39 is 34.4 Å². The minimum Gasteiger partial charge on any atom is -0.484 e. The van der Waals surface area contributed by atoms with Crippen molar-refractivity contribution in [1.29, 1.82) is 0 Å². The van der Waals surface area contributed by atoms with E-state index in [1.165, 1.54) is 45.6 Å². The largest absolute Gasteiger partial charge is 0.484 e. The molecule has 2 amide bonds. The third kappa shape index (κ3) is 9.81. The van der Waals surface area contributed by atoms with Crippen molar-refractivity contribution in [2.45, 2.75) is 23.9 Å². The second kappa shape index (κ2) is 16.8. The Kier molecular flexibility index (Phi) is 12.3. The lowest BCUT2D eigenvalue weighted by Gasteiger charge is -2.32. The smallest absolute Gasteiger partial charge is 0.261 e. The molecule has 0 saturated carbocycles. The first-order valence-electron chi connectivity index (χ1n) is 15.8. The molecule has 0 bridgehead atoms. The monoisotopic (exact) mass is 668 g/mol. The van der Waals surface area contributed by atoms with Crippen LogP contribution in [0.3, 0.4) is 0 Å². The molecule has 1 N–H and O–H groups in total. The number of halogens is 1. The molecule has 0 spiro atoms. The van der Waals surface area contributed by atoms with Gasteiger partial charge < -0.3 is 24.4 Å². The molecule has 0 aromatic heterocycles. The Labute approximate surface area is 275 Å². The van der Waals surface area contributed by atoms with Gasteiger partial charge >= 0.3 is 0 Å². The molecule has 2 fully saturated rings. The highest BCUT2D eigenvalue weighted by molar-refractivity contribution is 7.89. The highest BCUT2D eigenvalue weighted by atomic mass is 32.2. The van der Waals surface area contributed by atoms with Crippen LogP contribution in [0.5, 0.6) is 5.75 Å². The predicted octanol–water partition coefficient (Wildman–Crippen LogP) is 2.31. The molecule has 13 heteroatoms. The number of sulfonamides is 1. The molecule has 3 aromatic rings. The Hall–Kier alpha value is -3.88. The zero-order chi connectivity index (χ0) is 33.1. The van der Waals surface area contributed by atoms with Crippen molar-refractivity contribution in [3.8, 4) is 5.75 Å². The van der Waals surface area contributed by atoms with Crippen LogP contribution in [-0.4, -0.2) is 113 Å². The molecule has 252 valence electrons. The molecule has 11 nitrogen and oxygen atoms in total. The lowest BCUT2D eigenvalue weighted by Crippen LogP contribution is -2.52. The predicted molar refractivity (Wildman–Crippen MR) is 173 cm³/mol. The number of carbonyl (C=O) groups is 2. The molecule has 47 heavy (non-hydrogen) atoms. The second-order valence-electron chi connectivity index (χ2n) is 11.4. The van der Waals surface area contributed by atoms with E-state index in [-0.39, 0.29) is 36.9 Å². The standard InChI is InChI=1S/C34H41FN4O7S/c35-29-8-6-28(7-9-29)25-39(32(24-27-4-2-1-3-5-27)34(41)36-14-15-37-16-20-44-21-17-37)33(40)26-46-30-10-12-31(13-11-30)47(42,43)38-18-22-45-23-19-38/h1-13,32H,14-26H2,(H,36,41). The molecule has 1 unspecified atom stereocenters. The number of amides is 2. The minimum atomic E-state index is -3.68. The first-order chi connectivity index (χ1) is 22.8. The lowest BCUT2D eigenvalue weighted by atomic mass is 10.0. The van der Waals surface area contributed by atoms with Gasteiger partial charge in [-0.25, -0.2) is 12.8 Å². The van der Waals surface area contributed by atoms with Gasteiger partial charge in [-0.2, -0.15) is 4.31 Å². The van der Waals surface area contributed by atoms with Crippen molar-refractivity contribution >= 4 is 21.8 Å². The number of nitrogens with one attached hydrogen (secondary N) is 1. The zero-order valence-electron chi connectivity index (χ0n) is 26.3. The van der Waals surface area contributed by atoms with Crippen LogP contribution in [0.15, 0.2) is 83.8 Å². The van der Waals surface area contributed by atoms with Crippen molar-refractivity contribution in [3.05, 3.63) is 95.8 Å². The quantitative estimate of drug-likeness (QED) is 0.278. The van der Waals surface area contributed by atoms with Gasteiger partial charge in [-0.1, -0.05) is 42.5 Å². The number of benzene rings is 3. The third-order valence-electron chi connectivity index (χ3n) is 8.16. The van der Waals surface area contributed by atoms with Crippen molar-refractivity contribution < 1.29 is 36.6 Å². The maximum absolute atomic E-state index is 13.9. The maximum atomic E-state index is 13.9. The van der Waals surface area contributed by atoms with E-state index in [0.717, 1.165) is 18.7 Å². The number of carbonyl (C=O) groups excluding carboxylic acids is 2. The Morgan fingerprint density at radius 1 is 0.851 bits per heavy atom. The van der Waals surface area contributed by atoms with E-state index >= 15 is 0 Å². The average molecular weight is 669 g/mol. The van der Waals surface area contributed by atoms with Gasteiger partial charge in [0.1, 0.15) is 17.6 Å². The maximum Gasteiger partial charge on any atom is 0.261 e. The molecule has 2 saturated heterocycles. The number of morpholine rings is 2. The number of hydrogen-bond acceptors (Lipinski definition) is 8. The van der Waals surface area contributed by atoms with Crippen LogP contribution in [0.2, 0.25) is 0 Å². The van der Waals surface area contributed by atoms with Crippen LogP contribution in [0.4, 0.5) is 4.39 Å². The molecule has 3 aromatic carbocycles. The summed E-state index contributed by atoms with van der Waals surface area (Å²) in [4.78, 5) is 31.5. The van der Waals surface area contributed by atoms with Crippen LogP contribution < -0.4 is 10.1 Å². The number of ether oxygens (including phenoxy) is 3. The number of hydrogen-bond donors (Lipinski definition) is 1. The summed E-state index contributed by atoms with van der Waals surface area (Å²) in [5.74, 6) is -0.870. The van der Waals surface area contributed by atoms with Gasteiger partial charge in [-0.3, -0.25) is 14.5 Å². The van der Waals surface area contributed by atoms with E-state index in [2.05, 4.69) is 10.2 Å². The fourth-order valence-corrected chi connectivity index (χ4v) is 6.90. The molecular formula is C34H41FN4O7S. The summed E-state index contributed by atoms with van der Waals surface area (Å²) in [7, 11) is -3.68. The fraction of sp³-hybridized carbons (Fsp3) is 0.412. The summed E-state index contributed by atoms with van der Waals surface area (Å²) in [6.45, 7) is 4.82. The van der Waals surface area contributed by atoms with E-state index in [4.69, 9.17) is 14.2 Å². The van der Waals surface area contributed by atoms with Crippen LogP contribution in [0, 0.1) is 5.82 Å². The highest BCUT2D eigenvalue weighted by Gasteiger charge is 2.31. The van der Waals surface area contributed by atoms with Crippen molar-refractivity contribution in [1.82, 2.24) is 19.4 Å². The zero-order valence-corrected chi connectivity index (χ0v) is 27.1. The van der Waals surface area contributed by atoms with Crippen LogP contribution in [0.25, 0.3) is 0 Å². The van der Waals surface area contributed by atoms with Gasteiger partial charge in [0.15, 0.2) is 6.61 Å². The molecule has 2 aliphatic rings. The SMILES string of the molecule is O=C(NCCN1CCOCC1)C(Cc1ccccc1)N(Cc1ccc(F)cc1)C(=O)COc1ccc(S(=O)(=O)N2CCOCC2)cc1. The van der Waals surface area contributed by atoms with Gasteiger partial charge in [0, 0.05) is 52.2 Å². The van der Waals surface area contributed by atoms with E-state index in [1.54, 1.807) is 12.1 Å². The van der Waals surface area contributed by atoms with Crippen molar-refractivity contribution in [3.63, 3.8) is 0 Å². The molecule has 0 radical (unpaired) electrons. The lowest BCUT2D eigenvalue weighted by molar-refractivity contribution is -0.142. The van der Waals surface area contributed by atoms with Crippen LogP contribution >= 0.6 is 0 Å². The first kappa shape index (κ1) is 34.5. The van der Waals surface area contributed by atoms with E-state index in [1.807, 2.05) is 30.3 Å². The Morgan fingerprint density at radius 3 is 2.15 bits per heavy atom. The minimum absolute atomic E-state index is 0.0492. The van der Waals surface area contributed by atoms with Gasteiger partial charge in [-0.05, 0) is 47.5 Å². The summed E-state index contributed by atoms with van der Waals surface area (Å²) in [6, 6.07) is 20.2. The van der Waals surface area contributed by atoms with Crippen molar-refractivity contribution in [2.75, 3.05) is 72.3 Å². The molecule has 5 rings (SSSR count). The molecule has 0 aliphatic carbocycles. The summed E-state index contributed by atoms with van der Waals surface area (Å²) >= 11 is 0. The second-order valence-corrected chi connectivity index (χ2v) is 13.3. The summed E-state index contributed by atoms with van der Waals surface area (Å²) in [5.41, 5.74) is 1.52. The Morgan fingerprint density at radius 2 is 1.49 bits per heavy atom. The highest BCUT2D eigenvalue weighted by Crippen LogP contribution is 2.21. The number of rotatable bonds is 14. The Balaban J connectivity index is 1.32. The topological polar surface area (TPSA) is 118 Å². The van der Waals surface area contributed by atoms with Gasteiger partial charge in [0.2, 0.25) is 15.9 Å². The number of nitrogens with zero attached hydrogens (tertiary/aromatic N) is 3. The third-order valence-corrected chi connectivity index (χ3v) is 10.1. The van der Waals surface area contributed by atoms with Gasteiger partial charge in [-0.15, -0.1) is 0 Å². The first-order valence-corrected chi connectivity index (χ1v) is 17.2.